The van der Waals surface area contributed by atoms with Crippen LogP contribution in [0.4, 0.5) is 0 Å². The summed E-state index contributed by atoms with van der Waals surface area (Å²) in [5.74, 6) is -0.217. The van der Waals surface area contributed by atoms with Gasteiger partial charge in [0.05, 0.1) is 4.90 Å². The molecule has 0 heterocycles. The van der Waals surface area contributed by atoms with Gasteiger partial charge in [-0.2, -0.15) is 0 Å². The summed E-state index contributed by atoms with van der Waals surface area (Å²) in [5.41, 5.74) is 2.70. The van der Waals surface area contributed by atoms with Gasteiger partial charge in [0.25, 0.3) is 5.91 Å². The van der Waals surface area contributed by atoms with Gasteiger partial charge in [0.2, 0.25) is 10.0 Å². The molecule has 0 bridgehead atoms. The summed E-state index contributed by atoms with van der Waals surface area (Å²) >= 11 is 0. The molecule has 0 aliphatic carbocycles. The minimum Gasteiger partial charge on any atom is -0.337 e. The number of carbonyl (C=O) groups is 1. The molecule has 2 rings (SSSR count). The Kier molecular flexibility index (Phi) is 6.12. The van der Waals surface area contributed by atoms with Crippen LogP contribution < -0.4 is 0 Å². The van der Waals surface area contributed by atoms with Gasteiger partial charge in [0.1, 0.15) is 0 Å². The highest BCUT2D eigenvalue weighted by molar-refractivity contribution is 7.89. The van der Waals surface area contributed by atoms with Crippen molar-refractivity contribution in [1.29, 1.82) is 0 Å². The molecule has 0 saturated heterocycles. The Hall–Kier alpha value is -2.18. The molecule has 0 aliphatic heterocycles. The van der Waals surface area contributed by atoms with Crippen LogP contribution in [0.25, 0.3) is 0 Å². The van der Waals surface area contributed by atoms with Crippen LogP contribution >= 0.6 is 0 Å². The second-order valence-corrected chi connectivity index (χ2v) is 10.1. The lowest BCUT2D eigenvalue weighted by Crippen LogP contribution is -2.27. The minimum absolute atomic E-state index is 0.0820. The van der Waals surface area contributed by atoms with E-state index >= 15 is 0 Å². The molecule has 1 amide bonds. The highest BCUT2D eigenvalue weighted by Crippen LogP contribution is 2.23. The third-order valence-corrected chi connectivity index (χ3v) is 6.26. The van der Waals surface area contributed by atoms with Crippen molar-refractivity contribution < 1.29 is 13.2 Å². The van der Waals surface area contributed by atoms with Crippen molar-refractivity contribution in [1.82, 2.24) is 9.21 Å². The summed E-state index contributed by atoms with van der Waals surface area (Å²) in [4.78, 5) is 14.4. The molecular weight excluding hydrogens is 360 g/mol. The molecule has 0 saturated carbocycles. The first-order valence-electron chi connectivity index (χ1n) is 8.80. The molecule has 0 fully saturated rings. The van der Waals surface area contributed by atoms with Gasteiger partial charge in [-0.05, 0) is 34.7 Å². The molecule has 146 valence electrons. The fraction of sp³-hybridized carbons (Fsp3) is 0.381. The zero-order valence-corrected chi connectivity index (χ0v) is 17.7. The van der Waals surface area contributed by atoms with E-state index in [1.807, 2.05) is 12.1 Å². The summed E-state index contributed by atoms with van der Waals surface area (Å²) in [6, 6.07) is 14.4. The summed E-state index contributed by atoms with van der Waals surface area (Å²) in [7, 11) is 1.08. The van der Waals surface area contributed by atoms with Crippen LogP contribution in [-0.2, 0) is 22.0 Å². The molecule has 6 heteroatoms. The number of rotatable bonds is 5. The summed E-state index contributed by atoms with van der Waals surface area (Å²) < 4.78 is 25.7. The van der Waals surface area contributed by atoms with E-state index in [1.165, 1.54) is 31.8 Å². The van der Waals surface area contributed by atoms with Crippen molar-refractivity contribution in [2.24, 2.45) is 0 Å². The number of sulfonamides is 1. The van der Waals surface area contributed by atoms with Crippen molar-refractivity contribution in [3.05, 3.63) is 65.2 Å². The Morgan fingerprint density at radius 2 is 1.56 bits per heavy atom. The number of amides is 1. The molecule has 0 aliphatic rings. The van der Waals surface area contributed by atoms with Crippen molar-refractivity contribution in [2.45, 2.75) is 37.6 Å². The molecule has 0 spiro atoms. The topological polar surface area (TPSA) is 57.7 Å². The Bertz CT molecular complexity index is 911. The van der Waals surface area contributed by atoms with Gasteiger partial charge in [-0.15, -0.1) is 0 Å². The third-order valence-electron chi connectivity index (χ3n) is 4.45. The highest BCUT2D eigenvalue weighted by Gasteiger charge is 2.20. The lowest BCUT2D eigenvalue weighted by Gasteiger charge is -2.21. The van der Waals surface area contributed by atoms with Gasteiger partial charge in [-0.1, -0.05) is 51.1 Å². The predicted molar refractivity (Wildman–Crippen MR) is 108 cm³/mol. The van der Waals surface area contributed by atoms with Gasteiger partial charge >= 0.3 is 0 Å². The number of benzene rings is 2. The first-order chi connectivity index (χ1) is 12.4. The largest absolute Gasteiger partial charge is 0.337 e. The van der Waals surface area contributed by atoms with E-state index in [1.54, 1.807) is 24.1 Å². The van der Waals surface area contributed by atoms with E-state index in [0.717, 1.165) is 9.87 Å². The lowest BCUT2D eigenvalue weighted by molar-refractivity contribution is 0.0785. The van der Waals surface area contributed by atoms with Crippen molar-refractivity contribution in [2.75, 3.05) is 21.1 Å². The normalized spacial score (nSPS) is 12.3. The van der Waals surface area contributed by atoms with Crippen molar-refractivity contribution in [3.8, 4) is 0 Å². The van der Waals surface area contributed by atoms with Crippen LogP contribution in [0.5, 0.6) is 0 Å². The summed E-state index contributed by atoms with van der Waals surface area (Å²) in [6.07, 6.45) is 0. The number of nitrogens with zero attached hydrogens (tertiary/aromatic N) is 2. The average molecular weight is 389 g/mol. The van der Waals surface area contributed by atoms with Crippen LogP contribution in [0.1, 0.15) is 42.3 Å². The summed E-state index contributed by atoms with van der Waals surface area (Å²) in [6.45, 7) is 6.93. The molecule has 0 N–H and O–H groups in total. The van der Waals surface area contributed by atoms with Crippen LogP contribution in [0.15, 0.2) is 53.4 Å². The van der Waals surface area contributed by atoms with Crippen molar-refractivity contribution >= 4 is 15.9 Å². The molecule has 2 aromatic rings. The first-order valence-corrected chi connectivity index (χ1v) is 10.2. The van der Waals surface area contributed by atoms with Gasteiger partial charge in [0, 0.05) is 33.3 Å². The molecular formula is C21H28N2O3S. The van der Waals surface area contributed by atoms with E-state index in [-0.39, 0.29) is 16.2 Å². The summed E-state index contributed by atoms with van der Waals surface area (Å²) in [5, 5.41) is 0. The van der Waals surface area contributed by atoms with E-state index in [4.69, 9.17) is 0 Å². The van der Waals surface area contributed by atoms with E-state index in [2.05, 4.69) is 32.9 Å². The molecule has 0 aromatic heterocycles. The molecule has 0 atom stereocenters. The number of hydrogen-bond donors (Lipinski definition) is 0. The maximum Gasteiger partial charge on any atom is 0.253 e. The van der Waals surface area contributed by atoms with E-state index in [9.17, 15) is 13.2 Å². The van der Waals surface area contributed by atoms with Gasteiger partial charge in [-0.25, -0.2) is 12.7 Å². The minimum atomic E-state index is -3.57. The molecule has 5 nitrogen and oxygen atoms in total. The fourth-order valence-corrected chi connectivity index (χ4v) is 3.62. The second-order valence-electron chi connectivity index (χ2n) is 7.92. The molecule has 2 aromatic carbocycles. The zero-order chi connectivity index (χ0) is 20.4. The Balaban J connectivity index is 2.18. The Morgan fingerprint density at radius 1 is 0.963 bits per heavy atom. The standard InChI is InChI=1S/C21H28N2O3S/c1-21(2,3)18-12-10-16(11-13-18)15-23(6)20(24)17-8-7-9-19(14-17)27(25,26)22(4)5/h7-14H,15H2,1-6H3. The van der Waals surface area contributed by atoms with E-state index < -0.39 is 10.0 Å². The van der Waals surface area contributed by atoms with Crippen LogP contribution in [0.2, 0.25) is 0 Å². The average Bonchev–Trinajstić information content (AvgIpc) is 2.60. The fourth-order valence-electron chi connectivity index (χ4n) is 2.68. The van der Waals surface area contributed by atoms with Gasteiger partial charge in [-0.3, -0.25) is 4.79 Å². The Labute approximate surface area is 162 Å². The predicted octanol–water partition coefficient (Wildman–Crippen LogP) is 3.51. The maximum absolute atomic E-state index is 12.7. The van der Waals surface area contributed by atoms with Crippen LogP contribution in [0.3, 0.4) is 0 Å². The third kappa shape index (κ3) is 4.96. The highest BCUT2D eigenvalue weighted by atomic mass is 32.2. The number of carbonyl (C=O) groups excluding carboxylic acids is 1. The quantitative estimate of drug-likeness (QED) is 0.788. The first kappa shape index (κ1) is 21.1. The molecule has 0 radical (unpaired) electrons. The zero-order valence-electron chi connectivity index (χ0n) is 16.9. The Morgan fingerprint density at radius 3 is 2.07 bits per heavy atom. The van der Waals surface area contributed by atoms with Crippen molar-refractivity contribution in [3.63, 3.8) is 0 Å². The molecule has 0 unspecified atom stereocenters. The monoisotopic (exact) mass is 388 g/mol. The lowest BCUT2D eigenvalue weighted by atomic mass is 9.87. The van der Waals surface area contributed by atoms with Crippen LogP contribution in [-0.4, -0.2) is 44.7 Å². The maximum atomic E-state index is 12.7. The van der Waals surface area contributed by atoms with Gasteiger partial charge in [0.15, 0.2) is 0 Å². The van der Waals surface area contributed by atoms with Crippen LogP contribution in [0, 0.1) is 0 Å². The number of hydrogen-bond acceptors (Lipinski definition) is 3. The molecule has 27 heavy (non-hydrogen) atoms. The smallest absolute Gasteiger partial charge is 0.253 e. The SMILES string of the molecule is CN(Cc1ccc(C(C)(C)C)cc1)C(=O)c1cccc(S(=O)(=O)N(C)C)c1. The second kappa shape index (κ2) is 7.82. The van der Waals surface area contributed by atoms with E-state index in [0.29, 0.717) is 12.1 Å². The van der Waals surface area contributed by atoms with Gasteiger partial charge < -0.3 is 4.90 Å².